The zero-order valence-electron chi connectivity index (χ0n) is 12.9. The van der Waals surface area contributed by atoms with Crippen molar-refractivity contribution in [2.75, 3.05) is 7.11 Å². The number of nitrogens with zero attached hydrogens (tertiary/aromatic N) is 3. The molecule has 3 rings (SSSR count). The minimum Gasteiger partial charge on any atom is -0.497 e. The maximum absolute atomic E-state index is 13.9. The van der Waals surface area contributed by atoms with Gasteiger partial charge in [-0.1, -0.05) is 18.2 Å². The molecule has 0 saturated heterocycles. The molecule has 0 aliphatic carbocycles. The maximum atomic E-state index is 13.9. The minimum atomic E-state index is -0.606. The molecule has 0 aliphatic rings. The summed E-state index contributed by atoms with van der Waals surface area (Å²) in [5, 5.41) is 4.04. The number of carbonyl (C=O) groups excluding carboxylic acids is 1. The summed E-state index contributed by atoms with van der Waals surface area (Å²) in [5.41, 5.74) is 1.68. The summed E-state index contributed by atoms with van der Waals surface area (Å²) in [5.74, 6) is -0.641. The van der Waals surface area contributed by atoms with Crippen LogP contribution in [0, 0.1) is 5.82 Å². The SMILES string of the molecule is COc1ccc(C(=O)/C=C/c2ccc(-n3cncn3)cc2)c(F)c1. The number of hydrogen-bond donors (Lipinski definition) is 0. The van der Waals surface area contributed by atoms with Crippen LogP contribution >= 0.6 is 0 Å². The summed E-state index contributed by atoms with van der Waals surface area (Å²) in [6, 6.07) is 11.5. The lowest BCUT2D eigenvalue weighted by Crippen LogP contribution is -1.99. The summed E-state index contributed by atoms with van der Waals surface area (Å²) in [6.07, 6.45) is 6.03. The second-order valence-electron chi connectivity index (χ2n) is 4.97. The van der Waals surface area contributed by atoms with E-state index in [2.05, 4.69) is 10.1 Å². The Labute approximate surface area is 138 Å². The molecule has 0 amide bonds. The summed E-state index contributed by atoms with van der Waals surface area (Å²) in [7, 11) is 1.44. The van der Waals surface area contributed by atoms with E-state index in [1.54, 1.807) is 23.2 Å². The number of benzene rings is 2. The van der Waals surface area contributed by atoms with Crippen LogP contribution in [0.1, 0.15) is 15.9 Å². The number of rotatable bonds is 5. The molecule has 0 spiro atoms. The normalized spacial score (nSPS) is 10.9. The molecule has 3 aromatic rings. The van der Waals surface area contributed by atoms with Gasteiger partial charge in [0, 0.05) is 6.07 Å². The molecule has 120 valence electrons. The molecule has 1 heterocycles. The van der Waals surface area contributed by atoms with E-state index in [1.165, 1.54) is 31.6 Å². The standard InChI is InChI=1S/C18H14FN3O2/c1-24-15-7-8-16(17(19)10-15)18(23)9-4-13-2-5-14(6-3-13)22-12-20-11-21-22/h2-12H,1H3/b9-4+. The molecule has 6 heteroatoms. The van der Waals surface area contributed by atoms with Gasteiger partial charge >= 0.3 is 0 Å². The number of hydrogen-bond acceptors (Lipinski definition) is 4. The lowest BCUT2D eigenvalue weighted by molar-refractivity contribution is 0.104. The third-order valence-corrected chi connectivity index (χ3v) is 3.45. The zero-order valence-corrected chi connectivity index (χ0v) is 12.9. The third-order valence-electron chi connectivity index (χ3n) is 3.45. The average molecular weight is 323 g/mol. The van der Waals surface area contributed by atoms with E-state index >= 15 is 0 Å². The predicted octanol–water partition coefficient (Wildman–Crippen LogP) is 3.31. The predicted molar refractivity (Wildman–Crippen MR) is 87.7 cm³/mol. The van der Waals surface area contributed by atoms with Crippen molar-refractivity contribution in [3.8, 4) is 11.4 Å². The molecule has 2 aromatic carbocycles. The fraction of sp³-hybridized carbons (Fsp3) is 0.0556. The molecule has 0 atom stereocenters. The largest absolute Gasteiger partial charge is 0.497 e. The molecule has 0 radical (unpaired) electrons. The van der Waals surface area contributed by atoms with Gasteiger partial charge in [0.05, 0.1) is 18.4 Å². The Morgan fingerprint density at radius 3 is 2.62 bits per heavy atom. The number of carbonyl (C=O) groups is 1. The van der Waals surface area contributed by atoms with E-state index in [-0.39, 0.29) is 5.56 Å². The Bertz CT molecular complexity index is 872. The van der Waals surface area contributed by atoms with Gasteiger partial charge in [-0.15, -0.1) is 0 Å². The van der Waals surface area contributed by atoms with Crippen LogP contribution in [0.2, 0.25) is 0 Å². The smallest absolute Gasteiger partial charge is 0.188 e. The molecule has 0 aliphatic heterocycles. The van der Waals surface area contributed by atoms with Crippen LogP contribution < -0.4 is 4.74 Å². The second-order valence-corrected chi connectivity index (χ2v) is 4.97. The topological polar surface area (TPSA) is 57.0 Å². The summed E-state index contributed by atoms with van der Waals surface area (Å²) < 4.78 is 20.4. The Morgan fingerprint density at radius 2 is 2.00 bits per heavy atom. The van der Waals surface area contributed by atoms with Gasteiger partial charge in [0.25, 0.3) is 0 Å². The Morgan fingerprint density at radius 1 is 1.21 bits per heavy atom. The number of aromatic nitrogens is 3. The summed E-state index contributed by atoms with van der Waals surface area (Å²) in [6.45, 7) is 0. The van der Waals surface area contributed by atoms with Gasteiger partial charge in [0.1, 0.15) is 24.2 Å². The molecule has 0 unspecified atom stereocenters. The summed E-state index contributed by atoms with van der Waals surface area (Å²) >= 11 is 0. The summed E-state index contributed by atoms with van der Waals surface area (Å²) in [4.78, 5) is 16.0. The number of ketones is 1. The van der Waals surface area contributed by atoms with Crippen molar-refractivity contribution in [3.05, 3.63) is 78.1 Å². The molecule has 5 nitrogen and oxygen atoms in total. The van der Waals surface area contributed by atoms with Gasteiger partial charge in [0.15, 0.2) is 5.78 Å². The quantitative estimate of drug-likeness (QED) is 0.534. The van der Waals surface area contributed by atoms with Gasteiger partial charge in [-0.25, -0.2) is 14.1 Å². The van der Waals surface area contributed by atoms with Crippen LogP contribution in [-0.2, 0) is 0 Å². The first-order valence-corrected chi connectivity index (χ1v) is 7.18. The molecule has 0 bridgehead atoms. The van der Waals surface area contributed by atoms with Gasteiger partial charge in [0.2, 0.25) is 0 Å². The molecule has 0 fully saturated rings. The maximum Gasteiger partial charge on any atom is 0.188 e. The fourth-order valence-corrected chi connectivity index (χ4v) is 2.16. The fourth-order valence-electron chi connectivity index (χ4n) is 2.16. The van der Waals surface area contributed by atoms with Crippen molar-refractivity contribution in [2.24, 2.45) is 0 Å². The highest BCUT2D eigenvalue weighted by Gasteiger charge is 2.09. The van der Waals surface area contributed by atoms with Crippen molar-refractivity contribution >= 4 is 11.9 Å². The van der Waals surface area contributed by atoms with Crippen LogP contribution in [0.15, 0.2) is 61.2 Å². The van der Waals surface area contributed by atoms with Crippen LogP contribution in [0.5, 0.6) is 5.75 Å². The minimum absolute atomic E-state index is 0.00582. The van der Waals surface area contributed by atoms with Crippen molar-refractivity contribution in [3.63, 3.8) is 0 Å². The first-order valence-electron chi connectivity index (χ1n) is 7.18. The van der Waals surface area contributed by atoms with E-state index in [0.717, 1.165) is 11.3 Å². The van der Waals surface area contributed by atoms with Gasteiger partial charge in [-0.3, -0.25) is 4.79 Å². The van der Waals surface area contributed by atoms with Crippen molar-refractivity contribution in [1.29, 1.82) is 0 Å². The van der Waals surface area contributed by atoms with Crippen molar-refractivity contribution in [2.45, 2.75) is 0 Å². The van der Waals surface area contributed by atoms with Crippen molar-refractivity contribution < 1.29 is 13.9 Å². The lowest BCUT2D eigenvalue weighted by atomic mass is 10.1. The Balaban J connectivity index is 1.74. The van der Waals surface area contributed by atoms with E-state index in [4.69, 9.17) is 4.74 Å². The van der Waals surface area contributed by atoms with E-state index in [0.29, 0.717) is 5.75 Å². The number of allylic oxidation sites excluding steroid dienone is 1. The molecule has 0 N–H and O–H groups in total. The van der Waals surface area contributed by atoms with Crippen LogP contribution in [0.25, 0.3) is 11.8 Å². The first kappa shape index (κ1) is 15.6. The van der Waals surface area contributed by atoms with Crippen LogP contribution in [0.3, 0.4) is 0 Å². The molecule has 1 aromatic heterocycles. The Hall–Kier alpha value is -3.28. The van der Waals surface area contributed by atoms with Crippen molar-refractivity contribution in [1.82, 2.24) is 14.8 Å². The molecular formula is C18H14FN3O2. The van der Waals surface area contributed by atoms with E-state index in [1.807, 2.05) is 24.3 Å². The number of methoxy groups -OCH3 is 1. The highest BCUT2D eigenvalue weighted by Crippen LogP contribution is 2.17. The van der Waals surface area contributed by atoms with Crippen LogP contribution in [0.4, 0.5) is 4.39 Å². The van der Waals surface area contributed by atoms with Gasteiger partial charge in [-0.2, -0.15) is 5.10 Å². The molecule has 24 heavy (non-hydrogen) atoms. The van der Waals surface area contributed by atoms with Gasteiger partial charge < -0.3 is 4.74 Å². The second kappa shape index (κ2) is 6.87. The zero-order chi connectivity index (χ0) is 16.9. The number of ether oxygens (including phenoxy) is 1. The lowest BCUT2D eigenvalue weighted by Gasteiger charge is -2.03. The van der Waals surface area contributed by atoms with Gasteiger partial charge in [-0.05, 0) is 35.9 Å². The van der Waals surface area contributed by atoms with E-state index < -0.39 is 11.6 Å². The monoisotopic (exact) mass is 323 g/mol. The highest BCUT2D eigenvalue weighted by atomic mass is 19.1. The van der Waals surface area contributed by atoms with Crippen LogP contribution in [-0.4, -0.2) is 27.7 Å². The Kier molecular flexibility index (Phi) is 4.47. The third kappa shape index (κ3) is 3.38. The first-order chi connectivity index (χ1) is 11.7. The molecular weight excluding hydrogens is 309 g/mol. The van der Waals surface area contributed by atoms with E-state index in [9.17, 15) is 9.18 Å². The number of halogens is 1. The highest BCUT2D eigenvalue weighted by molar-refractivity contribution is 6.07. The molecule has 0 saturated carbocycles. The average Bonchev–Trinajstić information content (AvgIpc) is 3.14.